The smallest absolute Gasteiger partial charge is 0.282 e. The van der Waals surface area contributed by atoms with Gasteiger partial charge in [-0.25, -0.2) is 4.98 Å². The zero-order chi connectivity index (χ0) is 20.4. The molecule has 1 aromatic heterocycles. The number of carbonyl (C=O) groups is 1. The van der Waals surface area contributed by atoms with Crippen molar-refractivity contribution < 1.29 is 14.6 Å². The zero-order valence-electron chi connectivity index (χ0n) is 16.4. The van der Waals surface area contributed by atoms with Crippen LogP contribution < -0.4 is 9.80 Å². The third-order valence-electron chi connectivity index (χ3n) is 4.72. The third-order valence-corrected chi connectivity index (χ3v) is 5.76. The number of amides is 1. The van der Waals surface area contributed by atoms with Gasteiger partial charge in [0.05, 0.1) is 42.3 Å². The molecule has 7 nitrogen and oxygen atoms in total. The van der Waals surface area contributed by atoms with Gasteiger partial charge in [0.2, 0.25) is 0 Å². The summed E-state index contributed by atoms with van der Waals surface area (Å²) in [5.41, 5.74) is 2.98. The highest BCUT2D eigenvalue weighted by atomic mass is 32.1. The number of carbonyl (C=O) groups excluding carboxylic acids is 1. The van der Waals surface area contributed by atoms with Crippen molar-refractivity contribution in [3.63, 3.8) is 0 Å². The Morgan fingerprint density at radius 3 is 2.61 bits per heavy atom. The first kappa shape index (κ1) is 19.9. The molecule has 0 saturated heterocycles. The highest BCUT2D eigenvalue weighted by Gasteiger charge is 2.28. The van der Waals surface area contributed by atoms with Crippen molar-refractivity contribution in [1.82, 2.24) is 4.98 Å². The molecule has 0 radical (unpaired) electrons. The van der Waals surface area contributed by atoms with Gasteiger partial charge < -0.3 is 4.90 Å². The van der Waals surface area contributed by atoms with Gasteiger partial charge in [0.15, 0.2) is 5.13 Å². The van der Waals surface area contributed by atoms with Gasteiger partial charge in [-0.05, 0) is 37.1 Å². The second kappa shape index (κ2) is 8.04. The predicted octanol–water partition coefficient (Wildman–Crippen LogP) is 2.61. The van der Waals surface area contributed by atoms with E-state index < -0.39 is 10.8 Å². The summed E-state index contributed by atoms with van der Waals surface area (Å²) in [6.45, 7) is 5.16. The normalized spacial score (nSPS) is 11.2. The van der Waals surface area contributed by atoms with E-state index in [1.165, 1.54) is 28.4 Å². The summed E-state index contributed by atoms with van der Waals surface area (Å²) in [6.07, 6.45) is 0. The highest BCUT2D eigenvalue weighted by Crippen LogP contribution is 2.33. The van der Waals surface area contributed by atoms with Crippen LogP contribution in [0, 0.1) is 24.0 Å². The van der Waals surface area contributed by atoms with Gasteiger partial charge in [0, 0.05) is 6.07 Å². The van der Waals surface area contributed by atoms with E-state index >= 15 is 0 Å². The van der Waals surface area contributed by atoms with Gasteiger partial charge in [0.25, 0.3) is 11.6 Å². The lowest BCUT2D eigenvalue weighted by Crippen LogP contribution is -3.06. The van der Waals surface area contributed by atoms with E-state index in [0.29, 0.717) is 18.2 Å². The minimum Gasteiger partial charge on any atom is -0.338 e. The van der Waals surface area contributed by atoms with Crippen LogP contribution in [0.3, 0.4) is 0 Å². The number of hydrogen-bond donors (Lipinski definition) is 1. The Kier molecular flexibility index (Phi) is 5.71. The predicted molar refractivity (Wildman–Crippen MR) is 112 cm³/mol. The molecule has 0 atom stereocenters. The van der Waals surface area contributed by atoms with Crippen molar-refractivity contribution in [2.45, 2.75) is 13.8 Å². The molecular weight excluding hydrogens is 376 g/mol. The summed E-state index contributed by atoms with van der Waals surface area (Å²) in [7, 11) is 4.00. The fraction of sp³-hybridized carbons (Fsp3) is 0.300. The Balaban J connectivity index is 2.08. The average molecular weight is 399 g/mol. The van der Waals surface area contributed by atoms with Crippen molar-refractivity contribution in [3.05, 3.63) is 63.2 Å². The zero-order valence-corrected chi connectivity index (χ0v) is 17.2. The molecule has 1 heterocycles. The van der Waals surface area contributed by atoms with Crippen molar-refractivity contribution in [3.8, 4) is 0 Å². The number of aryl methyl sites for hydroxylation is 2. The number of nitrogens with one attached hydrogen (secondary N) is 1. The first-order valence-corrected chi connectivity index (χ1v) is 9.82. The minimum atomic E-state index is -0.519. The Morgan fingerprint density at radius 1 is 1.21 bits per heavy atom. The standard InChI is InChI=1S/C20H22N4O3S/c1-13-9-10-17-18(14(13)2)21-20(28-17)23(12-11-22(3)4)19(25)15-7-5-6-8-16(15)24(26)27/h5-10H,11-12H2,1-4H3/p+1. The summed E-state index contributed by atoms with van der Waals surface area (Å²) in [5, 5.41) is 12.0. The summed E-state index contributed by atoms with van der Waals surface area (Å²) < 4.78 is 0.996. The second-order valence-corrected chi connectivity index (χ2v) is 8.05. The quantitative estimate of drug-likeness (QED) is 0.510. The molecule has 1 N–H and O–H groups in total. The van der Waals surface area contributed by atoms with E-state index in [1.54, 1.807) is 17.0 Å². The molecule has 146 valence electrons. The monoisotopic (exact) mass is 399 g/mol. The van der Waals surface area contributed by atoms with Crippen LogP contribution >= 0.6 is 11.3 Å². The number of nitro benzene ring substituents is 1. The molecule has 0 saturated carbocycles. The molecule has 0 fully saturated rings. The number of aromatic nitrogens is 1. The van der Waals surface area contributed by atoms with E-state index in [-0.39, 0.29) is 11.3 Å². The number of nitro groups is 1. The number of benzene rings is 2. The van der Waals surface area contributed by atoms with Crippen molar-refractivity contribution in [1.29, 1.82) is 0 Å². The first-order valence-electron chi connectivity index (χ1n) is 9.00. The molecule has 0 aliphatic heterocycles. The highest BCUT2D eigenvalue weighted by molar-refractivity contribution is 7.22. The molecule has 2 aromatic carbocycles. The van der Waals surface area contributed by atoms with E-state index in [4.69, 9.17) is 4.98 Å². The van der Waals surface area contributed by atoms with Crippen molar-refractivity contribution in [2.75, 3.05) is 32.1 Å². The summed E-state index contributed by atoms with van der Waals surface area (Å²) >= 11 is 1.43. The van der Waals surface area contributed by atoms with Crippen molar-refractivity contribution >= 4 is 38.3 Å². The van der Waals surface area contributed by atoms with Crippen LogP contribution in [0.15, 0.2) is 36.4 Å². The van der Waals surface area contributed by atoms with Crippen LogP contribution in [0.25, 0.3) is 10.2 Å². The largest absolute Gasteiger partial charge is 0.338 e. The number of quaternary nitrogens is 1. The topological polar surface area (TPSA) is 80.8 Å². The Bertz CT molecular complexity index is 1050. The summed E-state index contributed by atoms with van der Waals surface area (Å²) in [4.78, 5) is 31.6. The Labute approximate surface area is 167 Å². The molecule has 1 amide bonds. The van der Waals surface area contributed by atoms with Gasteiger partial charge in [0.1, 0.15) is 5.56 Å². The van der Waals surface area contributed by atoms with Crippen LogP contribution in [-0.2, 0) is 0 Å². The Morgan fingerprint density at radius 2 is 1.93 bits per heavy atom. The van der Waals surface area contributed by atoms with E-state index in [9.17, 15) is 14.9 Å². The third kappa shape index (κ3) is 3.88. The molecule has 3 aromatic rings. The molecule has 0 bridgehead atoms. The average Bonchev–Trinajstić information content (AvgIpc) is 3.09. The lowest BCUT2D eigenvalue weighted by Gasteiger charge is -2.20. The van der Waals surface area contributed by atoms with E-state index in [2.05, 4.69) is 0 Å². The number of para-hydroxylation sites is 1. The lowest BCUT2D eigenvalue weighted by atomic mass is 10.1. The lowest BCUT2D eigenvalue weighted by molar-refractivity contribution is -0.856. The van der Waals surface area contributed by atoms with E-state index in [1.807, 2.05) is 40.1 Å². The number of thiazole rings is 1. The minimum absolute atomic E-state index is 0.0772. The number of fused-ring (bicyclic) bond motifs is 1. The maximum Gasteiger partial charge on any atom is 0.282 e. The van der Waals surface area contributed by atoms with Crippen LogP contribution in [-0.4, -0.2) is 43.0 Å². The van der Waals surface area contributed by atoms with Crippen molar-refractivity contribution in [2.24, 2.45) is 0 Å². The number of nitrogens with zero attached hydrogens (tertiary/aromatic N) is 3. The van der Waals surface area contributed by atoms with Crippen LogP contribution in [0.4, 0.5) is 10.8 Å². The number of anilines is 1. The van der Waals surface area contributed by atoms with Gasteiger partial charge in [-0.1, -0.05) is 29.5 Å². The molecule has 0 spiro atoms. The van der Waals surface area contributed by atoms with Crippen LogP contribution in [0.5, 0.6) is 0 Å². The number of likely N-dealkylation sites (N-methyl/N-ethyl adjacent to an activating group) is 1. The fourth-order valence-corrected chi connectivity index (χ4v) is 3.96. The number of rotatable bonds is 6. The Hall–Kier alpha value is -2.84. The van der Waals surface area contributed by atoms with Gasteiger partial charge in [-0.3, -0.25) is 19.8 Å². The van der Waals surface area contributed by atoms with Crippen LogP contribution in [0.1, 0.15) is 21.5 Å². The molecule has 0 aliphatic carbocycles. The summed E-state index contributed by atoms with van der Waals surface area (Å²) in [5.74, 6) is -0.401. The maximum absolute atomic E-state index is 13.3. The van der Waals surface area contributed by atoms with Gasteiger partial charge in [-0.15, -0.1) is 0 Å². The van der Waals surface area contributed by atoms with Gasteiger partial charge in [-0.2, -0.15) is 0 Å². The van der Waals surface area contributed by atoms with Crippen LogP contribution in [0.2, 0.25) is 0 Å². The maximum atomic E-state index is 13.3. The summed E-state index contributed by atoms with van der Waals surface area (Å²) in [6, 6.07) is 10.1. The fourth-order valence-electron chi connectivity index (χ4n) is 2.91. The number of hydrogen-bond acceptors (Lipinski definition) is 5. The SMILES string of the molecule is Cc1ccc2sc(N(CC[NH+](C)C)C(=O)c3ccccc3[N+](=O)[O-])nc2c1C. The molecule has 8 heteroatoms. The molecular formula is C20H23N4O3S+. The van der Waals surface area contributed by atoms with Gasteiger partial charge >= 0.3 is 0 Å². The molecule has 28 heavy (non-hydrogen) atoms. The first-order chi connectivity index (χ1) is 13.3. The molecule has 0 unspecified atom stereocenters. The van der Waals surface area contributed by atoms with E-state index in [0.717, 1.165) is 21.3 Å². The molecule has 3 rings (SSSR count). The molecule has 0 aliphatic rings. The second-order valence-electron chi connectivity index (χ2n) is 7.04.